The number of nitrogens with one attached hydrogen (secondary N) is 6. The fourth-order valence-corrected chi connectivity index (χ4v) is 4.81. The second-order valence-electron chi connectivity index (χ2n) is 13.0. The molecule has 0 unspecified atom stereocenters. The molecule has 0 radical (unpaired) electrons. The molecule has 2 aromatic carbocycles. The lowest BCUT2D eigenvalue weighted by Crippen LogP contribution is -2.60. The Labute approximate surface area is 315 Å². The molecule has 0 heterocycles. The standard InChI is InChI=1S/C35H45N7O13/c1-18(2)28(33(50)36-20(5)30(47)38-24(15-26(43)44)31(48)37-22-11-13-23(14-12-22)42(53)54)40-32(49)25(16-27(45)46)39-34(51)29(19(3)4)41-35(52)55-17-21-9-7-6-8-10-21/h6-14,18-20,24-25,28-29H,15-17H2,1-5H3,(H,36,50)(H,37,48)(H,38,47)(H,39,51)(H,40,49)(H,41,52)(H,43,44)(H,45,46)/t20-,24-,25-,28-,29-/m0/s1. The van der Waals surface area contributed by atoms with E-state index in [1.807, 2.05) is 0 Å². The van der Waals surface area contributed by atoms with Crippen molar-refractivity contribution in [2.24, 2.45) is 11.8 Å². The van der Waals surface area contributed by atoms with Gasteiger partial charge in [0.15, 0.2) is 0 Å². The van der Waals surface area contributed by atoms with Gasteiger partial charge in [0.2, 0.25) is 29.5 Å². The molecule has 2 aromatic rings. The number of ether oxygens (including phenoxy) is 1. The highest BCUT2D eigenvalue weighted by Gasteiger charge is 2.34. The van der Waals surface area contributed by atoms with Crippen LogP contribution < -0.4 is 31.9 Å². The van der Waals surface area contributed by atoms with E-state index in [4.69, 9.17) is 4.74 Å². The van der Waals surface area contributed by atoms with Gasteiger partial charge in [-0.2, -0.15) is 0 Å². The topological polar surface area (TPSA) is 302 Å². The third-order valence-electron chi connectivity index (χ3n) is 7.80. The number of aliphatic carboxylic acids is 2. The molecule has 0 aromatic heterocycles. The summed E-state index contributed by atoms with van der Waals surface area (Å²) in [4.78, 5) is 112. The second kappa shape index (κ2) is 21.2. The summed E-state index contributed by atoms with van der Waals surface area (Å²) in [6.07, 6.45) is -2.71. The quantitative estimate of drug-likeness (QED) is 0.0691. The SMILES string of the molecule is CC(C)[C@H](NC(=O)OCc1ccccc1)C(=O)N[C@@H](CC(=O)O)C(=O)N[C@H](C(=O)N[C@@H](C)C(=O)N[C@@H](CC(=O)O)C(=O)Nc1ccc([N+](=O)[O-])cc1)C(C)C. The molecule has 0 aliphatic heterocycles. The van der Waals surface area contributed by atoms with Crippen LogP contribution in [-0.4, -0.2) is 92.9 Å². The summed E-state index contributed by atoms with van der Waals surface area (Å²) in [5.74, 6) is -8.97. The van der Waals surface area contributed by atoms with Crippen LogP contribution in [0.5, 0.6) is 0 Å². The van der Waals surface area contributed by atoms with Gasteiger partial charge in [-0.25, -0.2) is 4.79 Å². The number of benzene rings is 2. The molecule has 0 bridgehead atoms. The first kappa shape index (κ1) is 44.6. The number of hydrogen-bond donors (Lipinski definition) is 8. The van der Waals surface area contributed by atoms with Crippen molar-refractivity contribution in [2.45, 2.75) is 84.3 Å². The maximum atomic E-state index is 13.4. The van der Waals surface area contributed by atoms with Crippen molar-refractivity contribution >= 4 is 58.9 Å². The first-order valence-corrected chi connectivity index (χ1v) is 17.0. The van der Waals surface area contributed by atoms with E-state index in [0.717, 1.165) is 12.1 Å². The molecule has 6 amide bonds. The summed E-state index contributed by atoms with van der Waals surface area (Å²) in [7, 11) is 0. The van der Waals surface area contributed by atoms with Gasteiger partial charge in [-0.15, -0.1) is 0 Å². The van der Waals surface area contributed by atoms with Crippen molar-refractivity contribution in [1.29, 1.82) is 0 Å². The molecule has 0 saturated heterocycles. The number of alkyl carbamates (subject to hydrolysis) is 1. The Kier molecular flexibility index (Phi) is 17.2. The zero-order chi connectivity index (χ0) is 41.4. The number of nitro benzene ring substituents is 1. The van der Waals surface area contributed by atoms with E-state index in [1.165, 1.54) is 32.9 Å². The first-order chi connectivity index (χ1) is 25.8. The molecule has 0 fully saturated rings. The Morgan fingerprint density at radius 3 is 1.64 bits per heavy atom. The number of nitrogens with zero attached hydrogens (tertiary/aromatic N) is 1. The molecule has 8 N–H and O–H groups in total. The van der Waals surface area contributed by atoms with Crippen LogP contribution in [0, 0.1) is 22.0 Å². The van der Waals surface area contributed by atoms with Crippen LogP contribution in [0.25, 0.3) is 0 Å². The number of anilines is 1. The highest BCUT2D eigenvalue weighted by atomic mass is 16.6. The fourth-order valence-electron chi connectivity index (χ4n) is 4.81. The van der Waals surface area contributed by atoms with Gasteiger partial charge in [0.1, 0.15) is 36.8 Å². The molecule has 0 aliphatic rings. The Morgan fingerprint density at radius 1 is 0.636 bits per heavy atom. The van der Waals surface area contributed by atoms with Crippen molar-refractivity contribution in [3.63, 3.8) is 0 Å². The van der Waals surface area contributed by atoms with Crippen molar-refractivity contribution in [3.8, 4) is 0 Å². The van der Waals surface area contributed by atoms with E-state index in [0.29, 0.717) is 5.56 Å². The normalized spacial score (nSPS) is 13.5. The van der Waals surface area contributed by atoms with E-state index in [9.17, 15) is 58.7 Å². The van der Waals surface area contributed by atoms with Crippen molar-refractivity contribution in [1.82, 2.24) is 26.6 Å². The van der Waals surface area contributed by atoms with Crippen LogP contribution in [0.1, 0.15) is 53.0 Å². The number of nitro groups is 1. The molecule has 55 heavy (non-hydrogen) atoms. The van der Waals surface area contributed by atoms with Crippen molar-refractivity contribution < 1.29 is 58.2 Å². The number of amides is 6. The number of rotatable bonds is 20. The number of carboxylic acids is 2. The van der Waals surface area contributed by atoms with Gasteiger partial charge in [-0.3, -0.25) is 43.7 Å². The number of hydrogen-bond acceptors (Lipinski definition) is 11. The van der Waals surface area contributed by atoms with Gasteiger partial charge >= 0.3 is 18.0 Å². The number of carbonyl (C=O) groups excluding carboxylic acids is 6. The predicted octanol–water partition coefficient (Wildman–Crippen LogP) is 1.05. The molecule has 0 aliphatic carbocycles. The van der Waals surface area contributed by atoms with E-state index in [1.54, 1.807) is 44.2 Å². The molecule has 0 saturated carbocycles. The second-order valence-corrected chi connectivity index (χ2v) is 13.0. The van der Waals surface area contributed by atoms with Crippen molar-refractivity contribution in [3.05, 3.63) is 70.3 Å². The molecule has 20 heteroatoms. The Balaban J connectivity index is 2.10. The fraction of sp³-hybridized carbons (Fsp3) is 0.429. The van der Waals surface area contributed by atoms with Crippen LogP contribution in [0.2, 0.25) is 0 Å². The first-order valence-electron chi connectivity index (χ1n) is 17.0. The lowest BCUT2D eigenvalue weighted by atomic mass is 10.0. The van der Waals surface area contributed by atoms with Gasteiger partial charge in [-0.1, -0.05) is 58.0 Å². The van der Waals surface area contributed by atoms with E-state index in [2.05, 4.69) is 31.9 Å². The van der Waals surface area contributed by atoms with E-state index in [-0.39, 0.29) is 18.0 Å². The van der Waals surface area contributed by atoms with Crippen LogP contribution in [-0.2, 0) is 44.9 Å². The molecule has 0 spiro atoms. The zero-order valence-electron chi connectivity index (χ0n) is 30.7. The largest absolute Gasteiger partial charge is 0.481 e. The number of non-ortho nitro benzene ring substituents is 1. The van der Waals surface area contributed by atoms with E-state index >= 15 is 0 Å². The summed E-state index contributed by atoms with van der Waals surface area (Å²) in [6, 6.07) is 5.94. The zero-order valence-corrected chi connectivity index (χ0v) is 30.7. The van der Waals surface area contributed by atoms with Gasteiger partial charge in [-0.05, 0) is 36.5 Å². The number of carbonyl (C=O) groups is 8. The van der Waals surface area contributed by atoms with Gasteiger partial charge in [0, 0.05) is 17.8 Å². The number of carboxylic acid groups (broad SMARTS) is 2. The molecule has 298 valence electrons. The van der Waals surface area contributed by atoms with E-state index < -0.39 is 107 Å². The minimum atomic E-state index is -1.71. The Bertz CT molecular complexity index is 1720. The van der Waals surface area contributed by atoms with Crippen LogP contribution in [0.15, 0.2) is 54.6 Å². The lowest BCUT2D eigenvalue weighted by Gasteiger charge is -2.28. The maximum Gasteiger partial charge on any atom is 0.408 e. The summed E-state index contributed by atoms with van der Waals surface area (Å²) >= 11 is 0. The van der Waals surface area contributed by atoms with Crippen LogP contribution in [0.4, 0.5) is 16.2 Å². The average molecular weight is 772 g/mol. The summed E-state index contributed by atoms with van der Waals surface area (Å²) in [5, 5.41) is 43.7. The third-order valence-corrected chi connectivity index (χ3v) is 7.80. The van der Waals surface area contributed by atoms with Gasteiger partial charge in [0.05, 0.1) is 17.8 Å². The predicted molar refractivity (Wildman–Crippen MR) is 193 cm³/mol. The summed E-state index contributed by atoms with van der Waals surface area (Å²) in [6.45, 7) is 7.39. The Hall–Kier alpha value is -6.60. The molecular weight excluding hydrogens is 726 g/mol. The highest BCUT2D eigenvalue weighted by molar-refractivity contribution is 6.01. The summed E-state index contributed by atoms with van der Waals surface area (Å²) < 4.78 is 5.17. The highest BCUT2D eigenvalue weighted by Crippen LogP contribution is 2.16. The summed E-state index contributed by atoms with van der Waals surface area (Å²) in [5.41, 5.74) is 0.501. The molecule has 5 atom stereocenters. The van der Waals surface area contributed by atoms with Crippen LogP contribution in [0.3, 0.4) is 0 Å². The lowest BCUT2D eigenvalue weighted by molar-refractivity contribution is -0.384. The van der Waals surface area contributed by atoms with Gasteiger partial charge in [0.25, 0.3) is 5.69 Å². The smallest absolute Gasteiger partial charge is 0.408 e. The monoisotopic (exact) mass is 771 g/mol. The molecular formula is C35H45N7O13. The van der Waals surface area contributed by atoms with Crippen LogP contribution >= 0.6 is 0 Å². The minimum Gasteiger partial charge on any atom is -0.481 e. The average Bonchev–Trinajstić information content (AvgIpc) is 3.11. The Morgan fingerprint density at radius 2 is 1.13 bits per heavy atom. The maximum absolute atomic E-state index is 13.4. The molecule has 20 nitrogen and oxygen atoms in total. The van der Waals surface area contributed by atoms with Gasteiger partial charge < -0.3 is 46.9 Å². The minimum absolute atomic E-state index is 0.0758. The molecule has 2 rings (SSSR count). The third kappa shape index (κ3) is 15.1. The van der Waals surface area contributed by atoms with Crippen molar-refractivity contribution in [2.75, 3.05) is 5.32 Å².